The van der Waals surface area contributed by atoms with E-state index >= 15 is 0 Å². The van der Waals surface area contributed by atoms with Gasteiger partial charge in [-0.2, -0.15) is 0 Å². The van der Waals surface area contributed by atoms with Crippen LogP contribution < -0.4 is 5.73 Å². The molecule has 0 aliphatic rings. The van der Waals surface area contributed by atoms with Crippen LogP contribution in [0.4, 0.5) is 0 Å². The lowest BCUT2D eigenvalue weighted by Gasteiger charge is -2.04. The van der Waals surface area contributed by atoms with Gasteiger partial charge in [-0.3, -0.25) is 0 Å². The van der Waals surface area contributed by atoms with Gasteiger partial charge in [0, 0.05) is 0 Å². The van der Waals surface area contributed by atoms with E-state index in [1.54, 1.807) is 16.8 Å². The Labute approximate surface area is 106 Å². The van der Waals surface area contributed by atoms with Gasteiger partial charge in [-0.15, -0.1) is 5.10 Å². The monoisotopic (exact) mass is 246 g/mol. The van der Waals surface area contributed by atoms with Crippen LogP contribution in [0.25, 0.3) is 0 Å². The van der Waals surface area contributed by atoms with Crippen molar-refractivity contribution in [3.8, 4) is 5.75 Å². The molecule has 1 aromatic carbocycles. The summed E-state index contributed by atoms with van der Waals surface area (Å²) in [6, 6.07) is 7.01. The standard InChI is InChI=1S/C13H18N4O/c1-2-3-12(14)13-9-17(16-15-13)8-10-4-6-11(18)7-5-10/h4-7,9,12,18H,2-3,8,14H2,1H3. The molecule has 0 bridgehead atoms. The third kappa shape index (κ3) is 3.07. The minimum absolute atomic E-state index is 0.0384. The molecule has 18 heavy (non-hydrogen) atoms. The summed E-state index contributed by atoms with van der Waals surface area (Å²) in [4.78, 5) is 0. The fraction of sp³-hybridized carbons (Fsp3) is 0.385. The molecule has 3 N–H and O–H groups in total. The second kappa shape index (κ2) is 5.64. The first-order valence-electron chi connectivity index (χ1n) is 6.12. The van der Waals surface area contributed by atoms with Crippen molar-refractivity contribution in [1.29, 1.82) is 0 Å². The van der Waals surface area contributed by atoms with E-state index in [0.717, 1.165) is 24.1 Å². The molecule has 0 amide bonds. The molecule has 5 nitrogen and oxygen atoms in total. The molecular weight excluding hydrogens is 228 g/mol. The molecule has 0 fully saturated rings. The number of phenolic OH excluding ortho intramolecular Hbond substituents is 1. The number of nitrogens with zero attached hydrogens (tertiary/aromatic N) is 3. The van der Waals surface area contributed by atoms with Crippen molar-refractivity contribution in [2.24, 2.45) is 5.73 Å². The SMILES string of the molecule is CCCC(N)c1cn(Cc2ccc(O)cc2)nn1. The van der Waals surface area contributed by atoms with Crippen LogP contribution in [0.2, 0.25) is 0 Å². The van der Waals surface area contributed by atoms with Crippen LogP contribution in [-0.4, -0.2) is 20.1 Å². The Bertz CT molecular complexity index is 492. The lowest BCUT2D eigenvalue weighted by atomic mass is 10.1. The highest BCUT2D eigenvalue weighted by Crippen LogP contribution is 2.14. The average molecular weight is 246 g/mol. The van der Waals surface area contributed by atoms with E-state index in [9.17, 15) is 5.11 Å². The Balaban J connectivity index is 2.04. The van der Waals surface area contributed by atoms with Crippen LogP contribution in [0.5, 0.6) is 5.75 Å². The predicted octanol–water partition coefficient (Wildman–Crippen LogP) is 1.83. The molecule has 0 aliphatic carbocycles. The van der Waals surface area contributed by atoms with Crippen LogP contribution in [-0.2, 0) is 6.54 Å². The van der Waals surface area contributed by atoms with Gasteiger partial charge in [-0.1, -0.05) is 30.7 Å². The summed E-state index contributed by atoms with van der Waals surface area (Å²) in [7, 11) is 0. The maximum absolute atomic E-state index is 9.21. The topological polar surface area (TPSA) is 77.0 Å². The molecule has 0 radical (unpaired) electrons. The van der Waals surface area contributed by atoms with Crippen molar-refractivity contribution in [3.05, 3.63) is 41.7 Å². The van der Waals surface area contributed by atoms with Gasteiger partial charge in [0.25, 0.3) is 0 Å². The smallest absolute Gasteiger partial charge is 0.115 e. The van der Waals surface area contributed by atoms with Gasteiger partial charge >= 0.3 is 0 Å². The van der Waals surface area contributed by atoms with Crippen LogP contribution in [0, 0.1) is 0 Å². The summed E-state index contributed by atoms with van der Waals surface area (Å²) in [6.07, 6.45) is 3.83. The first-order chi connectivity index (χ1) is 8.69. The highest BCUT2D eigenvalue weighted by Gasteiger charge is 2.09. The van der Waals surface area contributed by atoms with E-state index < -0.39 is 0 Å². The minimum atomic E-state index is -0.0384. The Kier molecular flexibility index (Phi) is 3.94. The van der Waals surface area contributed by atoms with Crippen molar-refractivity contribution < 1.29 is 5.11 Å². The van der Waals surface area contributed by atoms with Gasteiger partial charge in [-0.05, 0) is 24.1 Å². The summed E-state index contributed by atoms with van der Waals surface area (Å²) in [5.74, 6) is 0.267. The summed E-state index contributed by atoms with van der Waals surface area (Å²) < 4.78 is 1.76. The Morgan fingerprint density at radius 1 is 1.33 bits per heavy atom. The molecule has 96 valence electrons. The summed E-state index contributed by atoms with van der Waals surface area (Å²) in [5, 5.41) is 17.4. The van der Waals surface area contributed by atoms with E-state index in [2.05, 4.69) is 17.2 Å². The minimum Gasteiger partial charge on any atom is -0.508 e. The number of aromatic hydroxyl groups is 1. The van der Waals surface area contributed by atoms with Crippen LogP contribution >= 0.6 is 0 Å². The second-order valence-corrected chi connectivity index (χ2v) is 4.40. The van der Waals surface area contributed by atoms with Crippen molar-refractivity contribution in [2.45, 2.75) is 32.4 Å². The maximum atomic E-state index is 9.21. The molecule has 0 saturated heterocycles. The number of rotatable bonds is 5. The van der Waals surface area contributed by atoms with E-state index in [1.807, 2.05) is 18.3 Å². The Morgan fingerprint density at radius 3 is 2.72 bits per heavy atom. The van der Waals surface area contributed by atoms with Gasteiger partial charge in [0.2, 0.25) is 0 Å². The van der Waals surface area contributed by atoms with Gasteiger partial charge < -0.3 is 10.8 Å². The molecule has 0 saturated carbocycles. The van der Waals surface area contributed by atoms with Crippen molar-refractivity contribution in [2.75, 3.05) is 0 Å². The summed E-state index contributed by atoms with van der Waals surface area (Å²) >= 11 is 0. The third-order valence-corrected chi connectivity index (χ3v) is 2.82. The second-order valence-electron chi connectivity index (χ2n) is 4.40. The van der Waals surface area contributed by atoms with E-state index in [0.29, 0.717) is 6.54 Å². The number of nitrogens with two attached hydrogens (primary N) is 1. The fourth-order valence-electron chi connectivity index (χ4n) is 1.81. The number of phenols is 1. The van der Waals surface area contributed by atoms with Gasteiger partial charge in [0.15, 0.2) is 0 Å². The molecule has 0 spiro atoms. The maximum Gasteiger partial charge on any atom is 0.115 e. The summed E-state index contributed by atoms with van der Waals surface area (Å²) in [6.45, 7) is 2.73. The fourth-order valence-corrected chi connectivity index (χ4v) is 1.81. The third-order valence-electron chi connectivity index (χ3n) is 2.82. The summed E-state index contributed by atoms with van der Waals surface area (Å²) in [5.41, 5.74) is 7.88. The molecule has 1 aromatic heterocycles. The Hall–Kier alpha value is -1.88. The zero-order valence-electron chi connectivity index (χ0n) is 10.5. The van der Waals surface area contributed by atoms with Gasteiger partial charge in [0.1, 0.15) is 5.75 Å². The molecule has 1 atom stereocenters. The van der Waals surface area contributed by atoms with Crippen molar-refractivity contribution >= 4 is 0 Å². The quantitative estimate of drug-likeness (QED) is 0.843. The average Bonchev–Trinajstić information content (AvgIpc) is 2.81. The van der Waals surface area contributed by atoms with Gasteiger partial charge in [-0.25, -0.2) is 4.68 Å². The van der Waals surface area contributed by atoms with Crippen LogP contribution in [0.15, 0.2) is 30.5 Å². The van der Waals surface area contributed by atoms with Crippen LogP contribution in [0.1, 0.15) is 37.1 Å². The largest absolute Gasteiger partial charge is 0.508 e. The highest BCUT2D eigenvalue weighted by atomic mass is 16.3. The van der Waals surface area contributed by atoms with E-state index in [4.69, 9.17) is 5.73 Å². The number of benzene rings is 1. The molecular formula is C13H18N4O. The zero-order valence-corrected chi connectivity index (χ0v) is 10.5. The highest BCUT2D eigenvalue weighted by molar-refractivity contribution is 5.25. The first-order valence-corrected chi connectivity index (χ1v) is 6.12. The zero-order chi connectivity index (χ0) is 13.0. The predicted molar refractivity (Wildman–Crippen MR) is 69.1 cm³/mol. The number of aromatic nitrogens is 3. The molecule has 1 heterocycles. The van der Waals surface area contributed by atoms with Crippen LogP contribution in [0.3, 0.4) is 0 Å². The molecule has 2 aromatic rings. The van der Waals surface area contributed by atoms with Crippen molar-refractivity contribution in [3.63, 3.8) is 0 Å². The van der Waals surface area contributed by atoms with E-state index in [1.165, 1.54) is 0 Å². The molecule has 0 aliphatic heterocycles. The number of hydrogen-bond donors (Lipinski definition) is 2. The van der Waals surface area contributed by atoms with Crippen molar-refractivity contribution in [1.82, 2.24) is 15.0 Å². The molecule has 1 unspecified atom stereocenters. The lowest BCUT2D eigenvalue weighted by Crippen LogP contribution is -2.10. The lowest BCUT2D eigenvalue weighted by molar-refractivity contribution is 0.475. The molecule has 5 heteroatoms. The number of hydrogen-bond acceptors (Lipinski definition) is 4. The normalized spacial score (nSPS) is 12.6. The van der Waals surface area contributed by atoms with E-state index in [-0.39, 0.29) is 11.8 Å². The molecule has 2 rings (SSSR count). The Morgan fingerprint density at radius 2 is 2.06 bits per heavy atom. The van der Waals surface area contributed by atoms with Gasteiger partial charge in [0.05, 0.1) is 24.5 Å². The first kappa shape index (κ1) is 12.6.